The van der Waals surface area contributed by atoms with Gasteiger partial charge in [0.1, 0.15) is 11.6 Å². The molecule has 2 aromatic carbocycles. The number of piperazine rings is 1. The Bertz CT molecular complexity index is 1620. The number of aromatic nitrogens is 5. The van der Waals surface area contributed by atoms with Gasteiger partial charge in [0, 0.05) is 73.6 Å². The Balaban J connectivity index is 0.000000278. The first-order valence-electron chi connectivity index (χ1n) is 12.0. The van der Waals surface area contributed by atoms with Crippen molar-refractivity contribution in [2.24, 2.45) is 0 Å². The van der Waals surface area contributed by atoms with Gasteiger partial charge in [0.15, 0.2) is 0 Å². The number of aryl methyl sites for hydroxylation is 1. The molecule has 4 heterocycles. The van der Waals surface area contributed by atoms with Crippen LogP contribution >= 0.6 is 11.6 Å². The third kappa shape index (κ3) is 5.56. The van der Waals surface area contributed by atoms with Crippen LogP contribution in [0.15, 0.2) is 55.1 Å². The van der Waals surface area contributed by atoms with Crippen LogP contribution in [0, 0.1) is 12.7 Å². The number of hydrogen-bond donors (Lipinski definition) is 2. The molecule has 1 saturated heterocycles. The molecule has 0 unspecified atom stereocenters. The first-order chi connectivity index (χ1) is 18.4. The predicted octanol–water partition coefficient (Wildman–Crippen LogP) is 4.90. The van der Waals surface area contributed by atoms with Crippen molar-refractivity contribution in [2.75, 3.05) is 26.2 Å². The van der Waals surface area contributed by atoms with Crippen LogP contribution in [-0.4, -0.2) is 61.9 Å². The van der Waals surface area contributed by atoms with Gasteiger partial charge in [-0.1, -0.05) is 11.6 Å². The van der Waals surface area contributed by atoms with Crippen molar-refractivity contribution in [1.82, 2.24) is 35.1 Å². The van der Waals surface area contributed by atoms with Crippen molar-refractivity contribution in [3.8, 4) is 22.9 Å². The molecule has 11 heteroatoms. The molecule has 2 N–H and O–H groups in total. The average molecular weight is 534 g/mol. The van der Waals surface area contributed by atoms with E-state index >= 15 is 0 Å². The van der Waals surface area contributed by atoms with Gasteiger partial charge < -0.3 is 19.9 Å². The molecule has 1 fully saturated rings. The van der Waals surface area contributed by atoms with E-state index in [0.717, 1.165) is 48.3 Å². The molecule has 38 heavy (non-hydrogen) atoms. The topological polar surface area (TPSA) is 109 Å². The van der Waals surface area contributed by atoms with E-state index in [2.05, 4.69) is 30.2 Å². The van der Waals surface area contributed by atoms with E-state index in [1.807, 2.05) is 11.8 Å². The number of benzene rings is 2. The summed E-state index contributed by atoms with van der Waals surface area (Å²) in [6, 6.07) is 10.1. The standard InChI is InChI=1S/C21H13ClFN5O.C6H12N2O/c1-11-4-5-24-21(28-11)29-12-2-3-13(16(22)6-12)14-7-15-18(8-17(14)23)25-9-19-20(15)27-10-26-19;1-6(9)8-4-2-7-3-5-8/h2-10H,1H3,(H,26,27);7H,2-5H2,1H3. The number of aromatic amines is 1. The number of carbonyl (C=O) groups is 1. The highest BCUT2D eigenvalue weighted by molar-refractivity contribution is 6.33. The fourth-order valence-corrected chi connectivity index (χ4v) is 4.43. The Morgan fingerprint density at radius 3 is 2.61 bits per heavy atom. The first-order valence-corrected chi connectivity index (χ1v) is 12.4. The lowest BCUT2D eigenvalue weighted by Crippen LogP contribution is -2.45. The Morgan fingerprint density at radius 1 is 1.08 bits per heavy atom. The second kappa shape index (κ2) is 11.1. The summed E-state index contributed by atoms with van der Waals surface area (Å²) in [4.78, 5) is 32.4. The van der Waals surface area contributed by atoms with Crippen LogP contribution in [0.25, 0.3) is 33.1 Å². The van der Waals surface area contributed by atoms with Gasteiger partial charge in [0.25, 0.3) is 0 Å². The first kappa shape index (κ1) is 25.5. The van der Waals surface area contributed by atoms with Gasteiger partial charge in [0.05, 0.1) is 34.1 Å². The number of nitrogens with zero attached hydrogens (tertiary/aromatic N) is 5. The number of fused-ring (bicyclic) bond motifs is 3. The minimum Gasteiger partial charge on any atom is -0.424 e. The van der Waals surface area contributed by atoms with Crippen LogP contribution < -0.4 is 10.1 Å². The number of amides is 1. The van der Waals surface area contributed by atoms with Crippen LogP contribution in [0.4, 0.5) is 4.39 Å². The van der Waals surface area contributed by atoms with E-state index in [1.165, 1.54) is 6.07 Å². The van der Waals surface area contributed by atoms with Crippen molar-refractivity contribution in [3.05, 3.63) is 71.7 Å². The van der Waals surface area contributed by atoms with Crippen molar-refractivity contribution < 1.29 is 13.9 Å². The molecule has 1 aliphatic heterocycles. The maximum absolute atomic E-state index is 14.8. The number of ether oxygens (including phenoxy) is 1. The second-order valence-corrected chi connectivity index (χ2v) is 9.16. The molecular weight excluding hydrogens is 509 g/mol. The highest BCUT2D eigenvalue weighted by Crippen LogP contribution is 2.36. The molecular formula is C27H25ClFN7O2. The number of rotatable bonds is 3. The zero-order chi connectivity index (χ0) is 26.6. The fourth-order valence-electron chi connectivity index (χ4n) is 4.16. The van der Waals surface area contributed by atoms with Crippen LogP contribution in [0.5, 0.6) is 11.8 Å². The Kier molecular flexibility index (Phi) is 7.43. The smallest absolute Gasteiger partial charge is 0.322 e. The van der Waals surface area contributed by atoms with Crippen molar-refractivity contribution in [3.63, 3.8) is 0 Å². The van der Waals surface area contributed by atoms with Gasteiger partial charge >= 0.3 is 6.01 Å². The molecule has 0 bridgehead atoms. The third-order valence-corrected chi connectivity index (χ3v) is 6.43. The van der Waals surface area contributed by atoms with Crippen LogP contribution in [0.2, 0.25) is 5.02 Å². The molecule has 1 aliphatic rings. The van der Waals surface area contributed by atoms with Gasteiger partial charge in [-0.05, 0) is 31.2 Å². The summed E-state index contributed by atoms with van der Waals surface area (Å²) in [5.74, 6) is 0.232. The fraction of sp³-hybridized carbons (Fsp3) is 0.222. The molecule has 3 aromatic heterocycles. The van der Waals surface area contributed by atoms with Crippen molar-refractivity contribution in [2.45, 2.75) is 13.8 Å². The largest absolute Gasteiger partial charge is 0.424 e. The minimum absolute atomic E-state index is 0.191. The highest BCUT2D eigenvalue weighted by Gasteiger charge is 2.15. The zero-order valence-electron chi connectivity index (χ0n) is 20.8. The number of pyridine rings is 1. The van der Waals surface area contributed by atoms with E-state index in [-0.39, 0.29) is 11.9 Å². The number of imidazole rings is 1. The van der Waals surface area contributed by atoms with Gasteiger partial charge in [-0.25, -0.2) is 19.3 Å². The molecule has 0 atom stereocenters. The summed E-state index contributed by atoms with van der Waals surface area (Å²) < 4.78 is 20.5. The second-order valence-electron chi connectivity index (χ2n) is 8.75. The lowest BCUT2D eigenvalue weighted by atomic mass is 10.0. The average Bonchev–Trinajstić information content (AvgIpc) is 3.39. The highest BCUT2D eigenvalue weighted by atomic mass is 35.5. The predicted molar refractivity (Wildman–Crippen MR) is 144 cm³/mol. The number of nitrogens with one attached hydrogen (secondary N) is 2. The van der Waals surface area contributed by atoms with Crippen molar-refractivity contribution in [1.29, 1.82) is 0 Å². The van der Waals surface area contributed by atoms with Crippen LogP contribution in [0.3, 0.4) is 0 Å². The summed E-state index contributed by atoms with van der Waals surface area (Å²) >= 11 is 6.46. The van der Waals surface area contributed by atoms with E-state index < -0.39 is 5.82 Å². The molecule has 0 aliphatic carbocycles. The summed E-state index contributed by atoms with van der Waals surface area (Å²) in [6.45, 7) is 7.09. The Morgan fingerprint density at radius 2 is 1.89 bits per heavy atom. The lowest BCUT2D eigenvalue weighted by molar-refractivity contribution is -0.129. The van der Waals surface area contributed by atoms with Crippen molar-refractivity contribution >= 4 is 39.4 Å². The molecule has 0 radical (unpaired) electrons. The molecule has 0 spiro atoms. The monoisotopic (exact) mass is 533 g/mol. The number of hydrogen-bond acceptors (Lipinski definition) is 7. The van der Waals surface area contributed by atoms with E-state index in [4.69, 9.17) is 16.3 Å². The van der Waals surface area contributed by atoms with Gasteiger partial charge in [-0.15, -0.1) is 0 Å². The van der Waals surface area contributed by atoms with E-state index in [9.17, 15) is 9.18 Å². The third-order valence-electron chi connectivity index (χ3n) is 6.12. The summed E-state index contributed by atoms with van der Waals surface area (Å²) in [5.41, 5.74) is 3.72. The van der Waals surface area contributed by atoms with Crippen LogP contribution in [0.1, 0.15) is 12.6 Å². The minimum atomic E-state index is -0.419. The molecule has 5 aromatic rings. The van der Waals surface area contributed by atoms with E-state index in [0.29, 0.717) is 27.4 Å². The maximum Gasteiger partial charge on any atom is 0.322 e. The van der Waals surface area contributed by atoms with Gasteiger partial charge in [-0.3, -0.25) is 9.78 Å². The number of halogens is 2. The SMILES string of the molecule is CC(=O)N1CCNCC1.Cc1ccnc(Oc2ccc(-c3cc4c(cc3F)ncc3[nH]cnc34)c(Cl)c2)n1. The molecule has 9 nitrogen and oxygen atoms in total. The normalized spacial score (nSPS) is 13.3. The van der Waals surface area contributed by atoms with Crippen LogP contribution in [-0.2, 0) is 4.79 Å². The molecule has 6 rings (SSSR count). The maximum atomic E-state index is 14.8. The molecule has 194 valence electrons. The van der Waals surface area contributed by atoms with E-state index in [1.54, 1.807) is 56.0 Å². The zero-order valence-corrected chi connectivity index (χ0v) is 21.6. The summed E-state index contributed by atoms with van der Waals surface area (Å²) in [7, 11) is 0. The number of H-pyrrole nitrogens is 1. The lowest BCUT2D eigenvalue weighted by Gasteiger charge is -2.25. The summed E-state index contributed by atoms with van der Waals surface area (Å²) in [6.07, 6.45) is 4.83. The molecule has 0 saturated carbocycles. The molecule has 1 amide bonds. The summed E-state index contributed by atoms with van der Waals surface area (Å²) in [5, 5.41) is 4.26. The van der Waals surface area contributed by atoms with Gasteiger partial charge in [-0.2, -0.15) is 0 Å². The Hall–Kier alpha value is -4.15. The number of carbonyl (C=O) groups excluding carboxylic acids is 1. The van der Waals surface area contributed by atoms with Gasteiger partial charge in [0.2, 0.25) is 5.91 Å². The Labute approximate surface area is 223 Å². The quantitative estimate of drug-likeness (QED) is 0.339.